The summed E-state index contributed by atoms with van der Waals surface area (Å²) in [7, 11) is 0. The van der Waals surface area contributed by atoms with Gasteiger partial charge in [-0.25, -0.2) is 0 Å². The highest BCUT2D eigenvalue weighted by Gasteiger charge is 2.31. The maximum Gasteiger partial charge on any atom is -0.00767 e. The van der Waals surface area contributed by atoms with E-state index in [1.807, 2.05) is 0 Å². The summed E-state index contributed by atoms with van der Waals surface area (Å²) < 4.78 is 0. The van der Waals surface area contributed by atoms with Gasteiger partial charge >= 0.3 is 0 Å². The van der Waals surface area contributed by atoms with Crippen molar-refractivity contribution in [1.82, 2.24) is 0 Å². The maximum absolute atomic E-state index is 2.51. The average Bonchev–Trinajstić information content (AvgIpc) is 2.68. The second kappa shape index (κ2) is 5.09. The van der Waals surface area contributed by atoms with Gasteiger partial charge in [-0.05, 0) is 72.0 Å². The normalized spacial score (nSPS) is 27.8. The largest absolute Gasteiger partial charge is 0.0760 e. The van der Waals surface area contributed by atoms with Gasteiger partial charge in [-0.3, -0.25) is 0 Å². The SMILES string of the molecule is C1=C/C=C2/CCC=C3C4=C(CCCCCC4)C(=C32)C=C1. The van der Waals surface area contributed by atoms with Crippen LogP contribution in [0.5, 0.6) is 0 Å². The third kappa shape index (κ3) is 1.90. The van der Waals surface area contributed by atoms with E-state index in [0.717, 1.165) is 0 Å². The van der Waals surface area contributed by atoms with Crippen LogP contribution < -0.4 is 0 Å². The minimum Gasteiger partial charge on any atom is -0.0760 e. The highest BCUT2D eigenvalue weighted by molar-refractivity contribution is 5.74. The van der Waals surface area contributed by atoms with Crippen LogP contribution in [0.25, 0.3) is 0 Å². The number of hydrogen-bond acceptors (Lipinski definition) is 0. The Bertz CT molecular complexity index is 614. The molecular formula is C20H22. The van der Waals surface area contributed by atoms with Crippen LogP contribution in [0, 0.1) is 0 Å². The third-order valence-electron chi connectivity index (χ3n) is 5.02. The highest BCUT2D eigenvalue weighted by atomic mass is 14.3. The van der Waals surface area contributed by atoms with Crippen LogP contribution in [0.15, 0.2) is 69.9 Å². The molecule has 0 radical (unpaired) electrons. The standard InChI is InChI=1S/C20H22/c1-2-6-12-17-16(11-5-1)18-13-7-3-4-9-15-10-8-14-19(17)20(15)18/h3-4,7,9,13-14H,1-2,5-6,8,10-12H2/b4-3?,7-3?,9-4?,13-7?,15-9-,18-13?. The predicted molar refractivity (Wildman–Crippen MR) is 85.4 cm³/mol. The van der Waals surface area contributed by atoms with E-state index in [-0.39, 0.29) is 0 Å². The number of rotatable bonds is 0. The summed E-state index contributed by atoms with van der Waals surface area (Å²) in [5, 5.41) is 0. The van der Waals surface area contributed by atoms with E-state index in [9.17, 15) is 0 Å². The first-order chi connectivity index (χ1) is 9.95. The van der Waals surface area contributed by atoms with Crippen molar-refractivity contribution < 1.29 is 0 Å². The lowest BCUT2D eigenvalue weighted by molar-refractivity contribution is 0.620. The molecule has 4 aliphatic rings. The number of allylic oxidation sites excluding steroid dienone is 12. The molecule has 0 aromatic rings. The van der Waals surface area contributed by atoms with Crippen molar-refractivity contribution in [2.24, 2.45) is 0 Å². The Balaban J connectivity index is 1.89. The van der Waals surface area contributed by atoms with Gasteiger partial charge in [0.15, 0.2) is 0 Å². The first kappa shape index (κ1) is 12.2. The molecular weight excluding hydrogens is 240 g/mol. The number of hydrogen-bond donors (Lipinski definition) is 0. The van der Waals surface area contributed by atoms with Crippen LogP contribution >= 0.6 is 0 Å². The molecule has 102 valence electrons. The van der Waals surface area contributed by atoms with E-state index >= 15 is 0 Å². The average molecular weight is 262 g/mol. The Hall–Kier alpha value is -1.56. The first-order valence-corrected chi connectivity index (χ1v) is 8.17. The van der Waals surface area contributed by atoms with Crippen molar-refractivity contribution in [2.45, 2.75) is 51.4 Å². The van der Waals surface area contributed by atoms with Gasteiger partial charge in [0, 0.05) is 0 Å². The van der Waals surface area contributed by atoms with Crippen LogP contribution in [0.4, 0.5) is 0 Å². The Kier molecular flexibility index (Phi) is 3.10. The van der Waals surface area contributed by atoms with Gasteiger partial charge in [-0.2, -0.15) is 0 Å². The highest BCUT2D eigenvalue weighted by Crippen LogP contribution is 2.49. The molecule has 0 aromatic carbocycles. The van der Waals surface area contributed by atoms with Crippen LogP contribution in [-0.4, -0.2) is 0 Å². The number of fused-ring (bicyclic) bond motifs is 2. The van der Waals surface area contributed by atoms with Crippen molar-refractivity contribution in [2.75, 3.05) is 0 Å². The minimum atomic E-state index is 1.21. The molecule has 0 heterocycles. The topological polar surface area (TPSA) is 0 Å². The van der Waals surface area contributed by atoms with Gasteiger partial charge in [0.2, 0.25) is 0 Å². The van der Waals surface area contributed by atoms with Gasteiger partial charge in [0.05, 0.1) is 0 Å². The Morgan fingerprint density at radius 1 is 0.750 bits per heavy atom. The molecule has 0 heteroatoms. The summed E-state index contributed by atoms with van der Waals surface area (Å²) in [5.74, 6) is 0. The van der Waals surface area contributed by atoms with Crippen molar-refractivity contribution >= 4 is 0 Å². The van der Waals surface area contributed by atoms with Gasteiger partial charge in [-0.1, -0.05) is 49.3 Å². The van der Waals surface area contributed by atoms with Crippen LogP contribution in [0.2, 0.25) is 0 Å². The molecule has 4 rings (SSSR count). The summed E-state index contributed by atoms with van der Waals surface area (Å²) in [5.41, 5.74) is 9.63. The molecule has 0 aromatic heterocycles. The zero-order valence-corrected chi connectivity index (χ0v) is 12.1. The van der Waals surface area contributed by atoms with Crippen molar-refractivity contribution in [1.29, 1.82) is 0 Å². The summed E-state index contributed by atoms with van der Waals surface area (Å²) in [6.45, 7) is 0. The summed E-state index contributed by atoms with van der Waals surface area (Å²) >= 11 is 0. The van der Waals surface area contributed by atoms with Crippen molar-refractivity contribution in [3.05, 3.63) is 69.9 Å². The zero-order chi connectivity index (χ0) is 13.4. The molecule has 0 unspecified atom stereocenters. The molecule has 0 spiro atoms. The van der Waals surface area contributed by atoms with Gasteiger partial charge in [0.25, 0.3) is 0 Å². The second-order valence-corrected chi connectivity index (χ2v) is 6.25. The van der Waals surface area contributed by atoms with E-state index in [2.05, 4.69) is 36.5 Å². The molecule has 0 amide bonds. The lowest BCUT2D eigenvalue weighted by Crippen LogP contribution is -2.01. The van der Waals surface area contributed by atoms with E-state index in [0.29, 0.717) is 0 Å². The fourth-order valence-electron chi connectivity index (χ4n) is 4.11. The molecule has 0 N–H and O–H groups in total. The van der Waals surface area contributed by atoms with Crippen LogP contribution in [0.1, 0.15) is 51.4 Å². The molecule has 0 atom stereocenters. The van der Waals surface area contributed by atoms with Crippen molar-refractivity contribution in [3.63, 3.8) is 0 Å². The lowest BCUT2D eigenvalue weighted by Gasteiger charge is -2.20. The fourth-order valence-corrected chi connectivity index (χ4v) is 4.11. The van der Waals surface area contributed by atoms with Crippen LogP contribution in [0.3, 0.4) is 0 Å². The smallest absolute Gasteiger partial charge is 0.00767 e. The Morgan fingerprint density at radius 3 is 2.50 bits per heavy atom. The molecule has 0 aliphatic heterocycles. The predicted octanol–water partition coefficient (Wildman–Crippen LogP) is 5.72. The molecule has 0 saturated carbocycles. The molecule has 0 nitrogen and oxygen atoms in total. The first-order valence-electron chi connectivity index (χ1n) is 8.17. The quantitative estimate of drug-likeness (QED) is 0.523. The zero-order valence-electron chi connectivity index (χ0n) is 12.1. The van der Waals surface area contributed by atoms with Crippen LogP contribution in [-0.2, 0) is 0 Å². The van der Waals surface area contributed by atoms with Gasteiger partial charge < -0.3 is 0 Å². The van der Waals surface area contributed by atoms with E-state index < -0.39 is 0 Å². The lowest BCUT2D eigenvalue weighted by atomic mass is 9.85. The maximum atomic E-state index is 2.51. The summed E-state index contributed by atoms with van der Waals surface area (Å²) in [6.07, 6.45) is 24.4. The summed E-state index contributed by atoms with van der Waals surface area (Å²) in [6, 6.07) is 0. The Morgan fingerprint density at radius 2 is 1.60 bits per heavy atom. The molecule has 0 saturated heterocycles. The Labute approximate surface area is 122 Å². The monoisotopic (exact) mass is 262 g/mol. The van der Waals surface area contributed by atoms with E-state index in [4.69, 9.17) is 0 Å². The second-order valence-electron chi connectivity index (χ2n) is 6.25. The molecule has 0 fully saturated rings. The van der Waals surface area contributed by atoms with E-state index in [1.165, 1.54) is 51.4 Å². The summed E-state index contributed by atoms with van der Waals surface area (Å²) in [4.78, 5) is 0. The molecule has 0 bridgehead atoms. The van der Waals surface area contributed by atoms with E-state index in [1.54, 1.807) is 33.4 Å². The molecule has 4 aliphatic carbocycles. The van der Waals surface area contributed by atoms with Gasteiger partial charge in [-0.15, -0.1) is 0 Å². The van der Waals surface area contributed by atoms with Crippen molar-refractivity contribution in [3.8, 4) is 0 Å². The third-order valence-corrected chi connectivity index (χ3v) is 5.02. The van der Waals surface area contributed by atoms with Gasteiger partial charge in [0.1, 0.15) is 0 Å². The fraction of sp³-hybridized carbons (Fsp3) is 0.400. The minimum absolute atomic E-state index is 1.21. The molecule has 20 heavy (non-hydrogen) atoms.